The van der Waals surface area contributed by atoms with Crippen LogP contribution >= 0.6 is 0 Å². The molecule has 0 spiro atoms. The van der Waals surface area contributed by atoms with Gasteiger partial charge in [0, 0.05) is 27.5 Å². The summed E-state index contributed by atoms with van der Waals surface area (Å²) in [4.78, 5) is 2.35. The van der Waals surface area contributed by atoms with Crippen LogP contribution in [0.4, 0.5) is 17.1 Å². The first-order chi connectivity index (χ1) is 23.8. The molecule has 2 nitrogen and oxygen atoms in total. The lowest BCUT2D eigenvalue weighted by Gasteiger charge is -2.27. The summed E-state index contributed by atoms with van der Waals surface area (Å²) in [7, 11) is 0. The van der Waals surface area contributed by atoms with Crippen molar-refractivity contribution in [2.45, 2.75) is 0 Å². The van der Waals surface area contributed by atoms with Crippen molar-refractivity contribution in [3.63, 3.8) is 0 Å². The fourth-order valence-electron chi connectivity index (χ4n) is 7.57. The predicted octanol–water partition coefficient (Wildman–Crippen LogP) is 13.3. The zero-order valence-corrected chi connectivity index (χ0v) is 26.1. The third kappa shape index (κ3) is 4.13. The Morgan fingerprint density at radius 3 is 1.85 bits per heavy atom. The summed E-state index contributed by atoms with van der Waals surface area (Å²) in [6.07, 6.45) is 0. The molecule has 9 aromatic carbocycles. The molecule has 0 saturated heterocycles. The molecular weight excluding hydrogens is 583 g/mol. The Morgan fingerprint density at radius 2 is 1.00 bits per heavy atom. The van der Waals surface area contributed by atoms with E-state index in [1.165, 1.54) is 48.8 Å². The zero-order valence-electron chi connectivity index (χ0n) is 26.1. The van der Waals surface area contributed by atoms with Crippen molar-refractivity contribution in [2.24, 2.45) is 0 Å². The summed E-state index contributed by atoms with van der Waals surface area (Å²) in [5, 5.41) is 12.3. The smallest absolute Gasteiger partial charge is 0.136 e. The molecule has 0 bridgehead atoms. The van der Waals surface area contributed by atoms with Gasteiger partial charge in [0.2, 0.25) is 0 Å². The van der Waals surface area contributed by atoms with Crippen molar-refractivity contribution in [1.29, 1.82) is 0 Å². The van der Waals surface area contributed by atoms with E-state index in [0.29, 0.717) is 0 Å². The van der Waals surface area contributed by atoms with Crippen LogP contribution in [0.1, 0.15) is 0 Å². The Hall–Kier alpha value is -6.38. The highest BCUT2D eigenvalue weighted by atomic mass is 16.3. The van der Waals surface area contributed by atoms with Crippen LogP contribution in [-0.2, 0) is 0 Å². The SMILES string of the molecule is c1ccc(N(c2ccc(-c3cc4c5ccccc5ccc4c4ccccc34)cc2)c2cccc3cc4c(cc23)oc2ccccc24)cc1. The quantitative estimate of drug-likeness (QED) is 0.184. The molecule has 2 heteroatoms. The van der Waals surface area contributed by atoms with E-state index < -0.39 is 0 Å². The lowest BCUT2D eigenvalue weighted by Crippen LogP contribution is -2.10. The summed E-state index contributed by atoms with van der Waals surface area (Å²) >= 11 is 0. The molecular formula is C46H29NO. The summed E-state index contributed by atoms with van der Waals surface area (Å²) in [5.41, 5.74) is 7.55. The van der Waals surface area contributed by atoms with E-state index >= 15 is 0 Å². The van der Waals surface area contributed by atoms with Crippen molar-refractivity contribution in [3.05, 3.63) is 176 Å². The molecule has 0 aliphatic heterocycles. The van der Waals surface area contributed by atoms with Crippen LogP contribution < -0.4 is 4.90 Å². The van der Waals surface area contributed by atoms with Gasteiger partial charge < -0.3 is 9.32 Å². The largest absolute Gasteiger partial charge is 0.456 e. The Bertz CT molecular complexity index is 2830. The van der Waals surface area contributed by atoms with E-state index in [0.717, 1.165) is 44.4 Å². The number of para-hydroxylation sites is 2. The lowest BCUT2D eigenvalue weighted by molar-refractivity contribution is 0.669. The van der Waals surface area contributed by atoms with Crippen molar-refractivity contribution in [1.82, 2.24) is 0 Å². The second-order valence-corrected chi connectivity index (χ2v) is 12.5. The third-order valence-electron chi connectivity index (χ3n) is 9.81. The fourth-order valence-corrected chi connectivity index (χ4v) is 7.57. The van der Waals surface area contributed by atoms with Gasteiger partial charge in [0.25, 0.3) is 0 Å². The highest BCUT2D eigenvalue weighted by Gasteiger charge is 2.18. The predicted molar refractivity (Wildman–Crippen MR) is 204 cm³/mol. The molecule has 1 heterocycles. The van der Waals surface area contributed by atoms with E-state index in [2.05, 4.69) is 169 Å². The average molecular weight is 612 g/mol. The van der Waals surface area contributed by atoms with Gasteiger partial charge in [0.1, 0.15) is 11.2 Å². The number of nitrogens with zero attached hydrogens (tertiary/aromatic N) is 1. The fraction of sp³-hybridized carbons (Fsp3) is 0. The molecule has 0 unspecified atom stereocenters. The summed E-state index contributed by atoms with van der Waals surface area (Å²) < 4.78 is 6.35. The van der Waals surface area contributed by atoms with E-state index in [1.54, 1.807) is 0 Å². The maximum absolute atomic E-state index is 6.35. The van der Waals surface area contributed by atoms with Crippen LogP contribution in [0.15, 0.2) is 180 Å². The van der Waals surface area contributed by atoms with Gasteiger partial charge in [0.05, 0.1) is 5.69 Å². The molecule has 0 amide bonds. The maximum Gasteiger partial charge on any atom is 0.136 e. The van der Waals surface area contributed by atoms with E-state index in [1.807, 2.05) is 12.1 Å². The van der Waals surface area contributed by atoms with Gasteiger partial charge in [-0.05, 0) is 103 Å². The third-order valence-corrected chi connectivity index (χ3v) is 9.81. The minimum Gasteiger partial charge on any atom is -0.456 e. The van der Waals surface area contributed by atoms with Gasteiger partial charge in [-0.3, -0.25) is 0 Å². The van der Waals surface area contributed by atoms with E-state index in [9.17, 15) is 0 Å². The Labute approximate surface area is 277 Å². The summed E-state index contributed by atoms with van der Waals surface area (Å²) in [5.74, 6) is 0. The lowest BCUT2D eigenvalue weighted by atomic mass is 9.91. The van der Waals surface area contributed by atoms with Gasteiger partial charge >= 0.3 is 0 Å². The Balaban J connectivity index is 1.16. The second-order valence-electron chi connectivity index (χ2n) is 12.5. The molecule has 0 fully saturated rings. The first kappa shape index (κ1) is 26.8. The van der Waals surface area contributed by atoms with Crippen LogP contribution in [0.3, 0.4) is 0 Å². The van der Waals surface area contributed by atoms with Gasteiger partial charge in [-0.25, -0.2) is 0 Å². The first-order valence-corrected chi connectivity index (χ1v) is 16.4. The molecule has 0 radical (unpaired) electrons. The van der Waals surface area contributed by atoms with Crippen molar-refractivity contribution in [3.8, 4) is 11.1 Å². The number of anilines is 3. The standard InChI is InChI=1S/C46H29NO/c1-2-13-33(14-3-1)47(44-19-10-12-32-27-43-39-18-8-9-20-45(39)48-46(43)29-41(32)44)34-24-21-31(22-25-34)40-28-42-35-15-5-4-11-30(35)23-26-38(42)36-16-6-7-17-37(36)40/h1-29H. The molecule has 10 aromatic rings. The van der Waals surface area contributed by atoms with Gasteiger partial charge in [-0.1, -0.05) is 121 Å². The number of hydrogen-bond donors (Lipinski definition) is 0. The molecule has 0 aliphatic rings. The number of fused-ring (bicyclic) bond motifs is 9. The van der Waals surface area contributed by atoms with Gasteiger partial charge in [-0.15, -0.1) is 0 Å². The molecule has 224 valence electrons. The molecule has 10 rings (SSSR count). The Morgan fingerprint density at radius 1 is 0.333 bits per heavy atom. The molecule has 48 heavy (non-hydrogen) atoms. The average Bonchev–Trinajstić information content (AvgIpc) is 3.52. The minimum absolute atomic E-state index is 0.898. The molecule has 0 aliphatic carbocycles. The summed E-state index contributed by atoms with van der Waals surface area (Å²) in [6, 6.07) is 63.3. The van der Waals surface area contributed by atoms with Crippen LogP contribution in [0.5, 0.6) is 0 Å². The highest BCUT2D eigenvalue weighted by molar-refractivity contribution is 6.21. The molecule has 0 saturated carbocycles. The van der Waals surface area contributed by atoms with Crippen LogP contribution in [0.2, 0.25) is 0 Å². The van der Waals surface area contributed by atoms with Crippen molar-refractivity contribution in [2.75, 3.05) is 4.90 Å². The number of rotatable bonds is 4. The van der Waals surface area contributed by atoms with Crippen LogP contribution in [0.25, 0.3) is 76.2 Å². The van der Waals surface area contributed by atoms with E-state index in [4.69, 9.17) is 4.42 Å². The maximum atomic E-state index is 6.35. The molecule has 1 aromatic heterocycles. The molecule has 0 N–H and O–H groups in total. The number of hydrogen-bond acceptors (Lipinski definition) is 2. The van der Waals surface area contributed by atoms with E-state index in [-0.39, 0.29) is 0 Å². The number of benzene rings is 9. The first-order valence-electron chi connectivity index (χ1n) is 16.4. The van der Waals surface area contributed by atoms with Gasteiger partial charge in [0.15, 0.2) is 0 Å². The monoisotopic (exact) mass is 611 g/mol. The summed E-state index contributed by atoms with van der Waals surface area (Å²) in [6.45, 7) is 0. The van der Waals surface area contributed by atoms with Crippen molar-refractivity contribution < 1.29 is 4.42 Å². The number of furan rings is 1. The second kappa shape index (κ2) is 10.6. The molecule has 0 atom stereocenters. The zero-order chi connectivity index (χ0) is 31.6. The van der Waals surface area contributed by atoms with Gasteiger partial charge in [-0.2, -0.15) is 0 Å². The topological polar surface area (TPSA) is 16.4 Å². The van der Waals surface area contributed by atoms with Crippen LogP contribution in [0, 0.1) is 0 Å². The minimum atomic E-state index is 0.898. The highest BCUT2D eigenvalue weighted by Crippen LogP contribution is 2.43. The Kier molecular flexibility index (Phi) is 5.91. The normalized spacial score (nSPS) is 11.8. The van der Waals surface area contributed by atoms with Crippen molar-refractivity contribution >= 4 is 82.1 Å². The van der Waals surface area contributed by atoms with Crippen LogP contribution in [-0.4, -0.2) is 0 Å².